The Labute approximate surface area is 117 Å². The molecule has 0 radical (unpaired) electrons. The molecule has 0 saturated heterocycles. The SMILES string of the molecule is CCCCCCCCC(=O)NCC1(CCCl)CC1. The largest absolute Gasteiger partial charge is 0.356 e. The topological polar surface area (TPSA) is 29.1 Å². The summed E-state index contributed by atoms with van der Waals surface area (Å²) < 4.78 is 0. The zero-order valence-corrected chi connectivity index (χ0v) is 12.5. The van der Waals surface area contributed by atoms with Gasteiger partial charge in [-0.2, -0.15) is 0 Å². The Morgan fingerprint density at radius 2 is 1.83 bits per heavy atom. The van der Waals surface area contributed by atoms with E-state index in [4.69, 9.17) is 11.6 Å². The van der Waals surface area contributed by atoms with Crippen LogP contribution < -0.4 is 5.32 Å². The van der Waals surface area contributed by atoms with Gasteiger partial charge in [-0.3, -0.25) is 4.79 Å². The first-order valence-corrected chi connectivity index (χ1v) is 8.08. The molecule has 1 aliphatic carbocycles. The van der Waals surface area contributed by atoms with Crippen molar-refractivity contribution in [1.82, 2.24) is 5.32 Å². The second-order valence-electron chi connectivity index (χ2n) is 5.73. The molecule has 1 saturated carbocycles. The molecule has 1 amide bonds. The molecule has 1 fully saturated rings. The molecule has 0 unspecified atom stereocenters. The summed E-state index contributed by atoms with van der Waals surface area (Å²) >= 11 is 5.77. The van der Waals surface area contributed by atoms with Crippen molar-refractivity contribution in [1.29, 1.82) is 0 Å². The molecule has 0 aliphatic heterocycles. The Hall–Kier alpha value is -0.240. The molecule has 0 aromatic heterocycles. The van der Waals surface area contributed by atoms with E-state index >= 15 is 0 Å². The molecule has 3 heteroatoms. The van der Waals surface area contributed by atoms with E-state index in [9.17, 15) is 4.79 Å². The maximum atomic E-state index is 11.7. The monoisotopic (exact) mass is 273 g/mol. The number of rotatable bonds is 11. The van der Waals surface area contributed by atoms with Crippen molar-refractivity contribution in [3.8, 4) is 0 Å². The summed E-state index contributed by atoms with van der Waals surface area (Å²) in [7, 11) is 0. The highest BCUT2D eigenvalue weighted by Gasteiger charge is 2.41. The van der Waals surface area contributed by atoms with Gasteiger partial charge in [-0.15, -0.1) is 11.6 Å². The van der Waals surface area contributed by atoms with E-state index in [0.29, 0.717) is 17.7 Å². The van der Waals surface area contributed by atoms with Gasteiger partial charge in [-0.05, 0) is 31.1 Å². The van der Waals surface area contributed by atoms with Crippen molar-refractivity contribution in [2.75, 3.05) is 12.4 Å². The van der Waals surface area contributed by atoms with E-state index in [2.05, 4.69) is 12.2 Å². The minimum atomic E-state index is 0.228. The third-order valence-corrected chi connectivity index (χ3v) is 4.19. The second-order valence-corrected chi connectivity index (χ2v) is 6.11. The molecule has 1 aliphatic rings. The minimum Gasteiger partial charge on any atom is -0.356 e. The van der Waals surface area contributed by atoms with Gasteiger partial charge < -0.3 is 5.32 Å². The van der Waals surface area contributed by atoms with Crippen molar-refractivity contribution in [2.24, 2.45) is 5.41 Å². The van der Waals surface area contributed by atoms with Crippen LogP contribution in [-0.4, -0.2) is 18.3 Å². The maximum Gasteiger partial charge on any atom is 0.220 e. The van der Waals surface area contributed by atoms with E-state index in [1.54, 1.807) is 0 Å². The highest BCUT2D eigenvalue weighted by Crippen LogP contribution is 2.48. The van der Waals surface area contributed by atoms with Crippen LogP contribution in [0.2, 0.25) is 0 Å². The van der Waals surface area contributed by atoms with Crippen LogP contribution >= 0.6 is 11.6 Å². The lowest BCUT2D eigenvalue weighted by atomic mass is 10.0. The maximum absolute atomic E-state index is 11.7. The molecule has 1 rings (SSSR count). The highest BCUT2D eigenvalue weighted by atomic mass is 35.5. The van der Waals surface area contributed by atoms with Crippen molar-refractivity contribution in [2.45, 2.75) is 71.1 Å². The van der Waals surface area contributed by atoms with Crippen LogP contribution in [0.25, 0.3) is 0 Å². The minimum absolute atomic E-state index is 0.228. The molecule has 0 aromatic carbocycles. The van der Waals surface area contributed by atoms with Crippen molar-refractivity contribution < 1.29 is 4.79 Å². The standard InChI is InChI=1S/C15H28ClNO/c1-2-3-4-5-6-7-8-14(18)17-13-15(9-10-15)11-12-16/h2-13H2,1H3,(H,17,18). The molecule has 0 heterocycles. The average Bonchev–Trinajstić information content (AvgIpc) is 3.12. The third-order valence-electron chi connectivity index (χ3n) is 4.00. The smallest absolute Gasteiger partial charge is 0.220 e. The van der Waals surface area contributed by atoms with Crippen LogP contribution in [0.1, 0.15) is 71.1 Å². The number of carbonyl (C=O) groups excluding carboxylic acids is 1. The van der Waals surface area contributed by atoms with Gasteiger partial charge in [-0.1, -0.05) is 39.0 Å². The van der Waals surface area contributed by atoms with Crippen LogP contribution in [0, 0.1) is 5.41 Å². The molecule has 106 valence electrons. The summed E-state index contributed by atoms with van der Waals surface area (Å²) in [4.78, 5) is 11.7. The van der Waals surface area contributed by atoms with E-state index in [1.165, 1.54) is 44.9 Å². The number of unbranched alkanes of at least 4 members (excludes halogenated alkanes) is 5. The average molecular weight is 274 g/mol. The van der Waals surface area contributed by atoms with Gasteiger partial charge in [0.1, 0.15) is 0 Å². The van der Waals surface area contributed by atoms with E-state index in [0.717, 1.165) is 19.4 Å². The molecule has 0 atom stereocenters. The van der Waals surface area contributed by atoms with E-state index < -0.39 is 0 Å². The number of hydrogen-bond acceptors (Lipinski definition) is 1. The fourth-order valence-electron chi connectivity index (χ4n) is 2.33. The first-order valence-electron chi connectivity index (χ1n) is 7.55. The Morgan fingerprint density at radius 3 is 2.44 bits per heavy atom. The fraction of sp³-hybridized carbons (Fsp3) is 0.933. The third kappa shape index (κ3) is 6.63. The Kier molecular flexibility index (Phi) is 7.73. The van der Waals surface area contributed by atoms with Crippen molar-refractivity contribution in [3.05, 3.63) is 0 Å². The molecule has 1 N–H and O–H groups in total. The fourth-order valence-corrected chi connectivity index (χ4v) is 2.73. The Morgan fingerprint density at radius 1 is 1.17 bits per heavy atom. The molecule has 0 bridgehead atoms. The van der Waals surface area contributed by atoms with Gasteiger partial charge in [0.15, 0.2) is 0 Å². The zero-order chi connectivity index (χ0) is 13.3. The molecule has 18 heavy (non-hydrogen) atoms. The second kappa shape index (κ2) is 8.79. The lowest BCUT2D eigenvalue weighted by molar-refractivity contribution is -0.121. The van der Waals surface area contributed by atoms with Gasteiger partial charge in [0.25, 0.3) is 0 Å². The number of amides is 1. The van der Waals surface area contributed by atoms with Crippen molar-refractivity contribution in [3.63, 3.8) is 0 Å². The van der Waals surface area contributed by atoms with Gasteiger partial charge in [-0.25, -0.2) is 0 Å². The van der Waals surface area contributed by atoms with E-state index in [1.807, 2.05) is 0 Å². The number of hydrogen-bond donors (Lipinski definition) is 1. The van der Waals surface area contributed by atoms with Crippen molar-refractivity contribution >= 4 is 17.5 Å². The molecule has 2 nitrogen and oxygen atoms in total. The first-order chi connectivity index (χ1) is 8.72. The van der Waals surface area contributed by atoms with E-state index in [-0.39, 0.29) is 5.91 Å². The predicted molar refractivity (Wildman–Crippen MR) is 78.0 cm³/mol. The summed E-state index contributed by atoms with van der Waals surface area (Å²) in [5, 5.41) is 3.07. The molecule has 0 spiro atoms. The number of nitrogens with one attached hydrogen (secondary N) is 1. The highest BCUT2D eigenvalue weighted by molar-refractivity contribution is 6.17. The van der Waals surface area contributed by atoms with Crippen LogP contribution in [0.4, 0.5) is 0 Å². The quantitative estimate of drug-likeness (QED) is 0.442. The summed E-state index contributed by atoms with van der Waals surface area (Å²) in [6, 6.07) is 0. The van der Waals surface area contributed by atoms with Crippen LogP contribution in [0.5, 0.6) is 0 Å². The number of carbonyl (C=O) groups is 1. The molecular weight excluding hydrogens is 246 g/mol. The van der Waals surface area contributed by atoms with Gasteiger partial charge in [0, 0.05) is 18.8 Å². The summed E-state index contributed by atoms with van der Waals surface area (Å²) in [5.74, 6) is 0.944. The molecule has 0 aromatic rings. The van der Waals surface area contributed by atoms with Gasteiger partial charge in [0.05, 0.1) is 0 Å². The number of halogens is 1. The normalized spacial score (nSPS) is 16.6. The predicted octanol–water partition coefficient (Wildman–Crippen LogP) is 4.26. The molecular formula is C15H28ClNO. The summed E-state index contributed by atoms with van der Waals surface area (Å²) in [5.41, 5.74) is 0.360. The summed E-state index contributed by atoms with van der Waals surface area (Å²) in [6.07, 6.45) is 11.6. The zero-order valence-electron chi connectivity index (χ0n) is 11.8. The lowest BCUT2D eigenvalue weighted by Crippen LogP contribution is -2.30. The Balaban J connectivity index is 1.94. The number of alkyl halides is 1. The van der Waals surface area contributed by atoms with Crippen LogP contribution in [-0.2, 0) is 4.79 Å². The Bertz CT molecular complexity index is 239. The lowest BCUT2D eigenvalue weighted by Gasteiger charge is -2.14. The first kappa shape index (κ1) is 15.8. The van der Waals surface area contributed by atoms with Gasteiger partial charge in [0.2, 0.25) is 5.91 Å². The van der Waals surface area contributed by atoms with Gasteiger partial charge >= 0.3 is 0 Å². The van der Waals surface area contributed by atoms with Crippen LogP contribution in [0.3, 0.4) is 0 Å². The van der Waals surface area contributed by atoms with Crippen LogP contribution in [0.15, 0.2) is 0 Å². The summed E-state index contributed by atoms with van der Waals surface area (Å²) in [6.45, 7) is 3.07.